The third-order valence-electron chi connectivity index (χ3n) is 1.97. The Morgan fingerprint density at radius 1 is 1.43 bits per heavy atom. The van der Waals surface area contributed by atoms with Crippen molar-refractivity contribution in [2.45, 2.75) is 6.42 Å². The lowest BCUT2D eigenvalue weighted by Gasteiger charge is -1.99. The van der Waals surface area contributed by atoms with Crippen molar-refractivity contribution in [2.75, 3.05) is 0 Å². The summed E-state index contributed by atoms with van der Waals surface area (Å²) in [5.41, 5.74) is 4.89. The minimum absolute atomic E-state index is 0.470. The molecule has 0 aliphatic heterocycles. The van der Waals surface area contributed by atoms with Crippen molar-refractivity contribution in [3.8, 4) is 11.3 Å². The van der Waals surface area contributed by atoms with E-state index in [-0.39, 0.29) is 0 Å². The molecule has 2 aromatic rings. The van der Waals surface area contributed by atoms with Crippen LogP contribution in [0.3, 0.4) is 0 Å². The molecule has 1 aromatic carbocycles. The molecule has 2 rings (SSSR count). The van der Waals surface area contributed by atoms with Crippen LogP contribution in [-0.2, 0) is 11.2 Å². The van der Waals surface area contributed by atoms with E-state index in [0.29, 0.717) is 6.42 Å². The highest BCUT2D eigenvalue weighted by Gasteiger charge is 2.00. The summed E-state index contributed by atoms with van der Waals surface area (Å²) >= 11 is 1.57. The molecule has 0 N–H and O–H groups in total. The van der Waals surface area contributed by atoms with Crippen molar-refractivity contribution in [3.63, 3.8) is 0 Å². The number of aldehydes is 1. The lowest BCUT2D eigenvalue weighted by molar-refractivity contribution is -0.107. The topological polar surface area (TPSA) is 30.0 Å². The summed E-state index contributed by atoms with van der Waals surface area (Å²) in [4.78, 5) is 14.6. The minimum Gasteiger partial charge on any atom is -0.303 e. The molecule has 1 aromatic heterocycles. The number of rotatable bonds is 3. The first-order chi connectivity index (χ1) is 6.90. The lowest BCUT2D eigenvalue weighted by atomic mass is 10.1. The Labute approximate surface area is 86.2 Å². The first-order valence-corrected chi connectivity index (χ1v) is 5.25. The summed E-state index contributed by atoms with van der Waals surface area (Å²) in [6.07, 6.45) is 1.39. The van der Waals surface area contributed by atoms with Gasteiger partial charge in [0.2, 0.25) is 0 Å². The molecule has 0 atom stereocenters. The molecular weight excluding hydrogens is 194 g/mol. The van der Waals surface area contributed by atoms with Crippen LogP contribution in [-0.4, -0.2) is 11.3 Å². The number of carbonyl (C=O) groups excluding carboxylic acids is 1. The smallest absolute Gasteiger partial charge is 0.124 e. The molecule has 0 spiro atoms. The van der Waals surface area contributed by atoms with Crippen molar-refractivity contribution in [1.29, 1.82) is 0 Å². The zero-order valence-corrected chi connectivity index (χ0v) is 8.33. The molecule has 0 fully saturated rings. The number of thiazole rings is 1. The Balaban J connectivity index is 2.35. The molecule has 0 saturated carbocycles. The van der Waals surface area contributed by atoms with Gasteiger partial charge in [0, 0.05) is 17.4 Å². The second-order valence-corrected chi connectivity index (χ2v) is 3.66. The molecule has 0 amide bonds. The van der Waals surface area contributed by atoms with Crippen LogP contribution in [0.1, 0.15) is 5.56 Å². The van der Waals surface area contributed by atoms with Gasteiger partial charge in [0.25, 0.3) is 0 Å². The predicted molar refractivity (Wildman–Crippen MR) is 57.3 cm³/mol. The highest BCUT2D eigenvalue weighted by Crippen LogP contribution is 2.19. The van der Waals surface area contributed by atoms with E-state index < -0.39 is 0 Å². The normalized spacial score (nSPS) is 10.0. The first kappa shape index (κ1) is 9.09. The number of aromatic nitrogens is 1. The largest absolute Gasteiger partial charge is 0.303 e. The standard InChI is InChI=1S/C11H9NOS/c13-5-4-9-2-1-3-10(6-9)11-7-14-8-12-11/h1-3,5-8H,4H2. The SMILES string of the molecule is O=CCc1cccc(-c2cscn2)c1. The van der Waals surface area contributed by atoms with Crippen LogP contribution in [0.4, 0.5) is 0 Å². The van der Waals surface area contributed by atoms with Crippen molar-refractivity contribution in [1.82, 2.24) is 4.98 Å². The van der Waals surface area contributed by atoms with Gasteiger partial charge in [-0.15, -0.1) is 11.3 Å². The second-order valence-electron chi connectivity index (χ2n) is 2.94. The molecule has 0 aliphatic rings. The van der Waals surface area contributed by atoms with Gasteiger partial charge in [0.15, 0.2) is 0 Å². The maximum Gasteiger partial charge on any atom is 0.124 e. The Kier molecular flexibility index (Phi) is 2.70. The molecule has 2 nitrogen and oxygen atoms in total. The van der Waals surface area contributed by atoms with Gasteiger partial charge in [-0.2, -0.15) is 0 Å². The molecule has 3 heteroatoms. The van der Waals surface area contributed by atoms with E-state index in [4.69, 9.17) is 0 Å². The number of hydrogen-bond donors (Lipinski definition) is 0. The number of hydrogen-bond acceptors (Lipinski definition) is 3. The zero-order valence-electron chi connectivity index (χ0n) is 7.51. The van der Waals surface area contributed by atoms with E-state index in [0.717, 1.165) is 23.1 Å². The Morgan fingerprint density at radius 2 is 2.36 bits per heavy atom. The Morgan fingerprint density at radius 3 is 3.07 bits per heavy atom. The third-order valence-corrected chi connectivity index (χ3v) is 2.56. The Bertz CT molecular complexity index is 423. The van der Waals surface area contributed by atoms with Gasteiger partial charge in [0.05, 0.1) is 11.2 Å². The van der Waals surface area contributed by atoms with Gasteiger partial charge >= 0.3 is 0 Å². The number of carbonyl (C=O) groups is 1. The van der Waals surface area contributed by atoms with Crippen LogP contribution in [0.25, 0.3) is 11.3 Å². The second kappa shape index (κ2) is 4.15. The van der Waals surface area contributed by atoms with Gasteiger partial charge in [-0.25, -0.2) is 4.98 Å². The van der Waals surface area contributed by atoms with Crippen molar-refractivity contribution in [3.05, 3.63) is 40.7 Å². The van der Waals surface area contributed by atoms with Crippen molar-refractivity contribution in [2.24, 2.45) is 0 Å². The van der Waals surface area contributed by atoms with E-state index in [1.807, 2.05) is 35.2 Å². The maximum absolute atomic E-state index is 10.4. The van der Waals surface area contributed by atoms with Gasteiger partial charge in [0.1, 0.15) is 6.29 Å². The molecule has 0 aliphatic carbocycles. The molecule has 0 bridgehead atoms. The monoisotopic (exact) mass is 203 g/mol. The van der Waals surface area contributed by atoms with Gasteiger partial charge < -0.3 is 4.79 Å². The summed E-state index contributed by atoms with van der Waals surface area (Å²) in [5.74, 6) is 0. The van der Waals surface area contributed by atoms with Crippen LogP contribution < -0.4 is 0 Å². The van der Waals surface area contributed by atoms with E-state index in [2.05, 4.69) is 4.98 Å². The fourth-order valence-electron chi connectivity index (χ4n) is 1.31. The lowest BCUT2D eigenvalue weighted by Crippen LogP contribution is -1.86. The average Bonchev–Trinajstić information content (AvgIpc) is 2.71. The molecule has 0 unspecified atom stereocenters. The van der Waals surface area contributed by atoms with E-state index in [1.165, 1.54) is 0 Å². The van der Waals surface area contributed by atoms with E-state index in [1.54, 1.807) is 11.3 Å². The highest BCUT2D eigenvalue weighted by molar-refractivity contribution is 7.07. The molecule has 70 valence electrons. The summed E-state index contributed by atoms with van der Waals surface area (Å²) in [7, 11) is 0. The average molecular weight is 203 g/mol. The predicted octanol–water partition coefficient (Wildman–Crippen LogP) is 2.55. The molecule has 14 heavy (non-hydrogen) atoms. The summed E-state index contributed by atoms with van der Waals surface area (Å²) in [6.45, 7) is 0. The highest BCUT2D eigenvalue weighted by atomic mass is 32.1. The van der Waals surface area contributed by atoms with Crippen LogP contribution in [0.15, 0.2) is 35.2 Å². The van der Waals surface area contributed by atoms with Crippen LogP contribution in [0, 0.1) is 0 Å². The minimum atomic E-state index is 0.470. The van der Waals surface area contributed by atoms with Crippen molar-refractivity contribution < 1.29 is 4.79 Å². The number of benzene rings is 1. The summed E-state index contributed by atoms with van der Waals surface area (Å²) < 4.78 is 0. The summed E-state index contributed by atoms with van der Waals surface area (Å²) in [6, 6.07) is 7.91. The zero-order chi connectivity index (χ0) is 9.80. The van der Waals surface area contributed by atoms with Gasteiger partial charge in [-0.05, 0) is 11.6 Å². The van der Waals surface area contributed by atoms with Crippen LogP contribution in [0.2, 0.25) is 0 Å². The van der Waals surface area contributed by atoms with Gasteiger partial charge in [-0.3, -0.25) is 0 Å². The molecular formula is C11H9NOS. The van der Waals surface area contributed by atoms with Crippen molar-refractivity contribution >= 4 is 17.6 Å². The fourth-order valence-corrected chi connectivity index (χ4v) is 1.87. The summed E-state index contributed by atoms with van der Waals surface area (Å²) in [5, 5.41) is 2.00. The van der Waals surface area contributed by atoms with Crippen LogP contribution >= 0.6 is 11.3 Å². The van der Waals surface area contributed by atoms with Gasteiger partial charge in [-0.1, -0.05) is 18.2 Å². The first-order valence-electron chi connectivity index (χ1n) is 4.31. The Hall–Kier alpha value is -1.48. The van der Waals surface area contributed by atoms with E-state index >= 15 is 0 Å². The third kappa shape index (κ3) is 1.88. The molecule has 1 heterocycles. The fraction of sp³-hybridized carbons (Fsp3) is 0.0909. The maximum atomic E-state index is 10.4. The number of nitrogens with zero attached hydrogens (tertiary/aromatic N) is 1. The molecule has 0 saturated heterocycles. The quantitative estimate of drug-likeness (QED) is 0.717. The van der Waals surface area contributed by atoms with E-state index in [9.17, 15) is 4.79 Å². The van der Waals surface area contributed by atoms with Crippen LogP contribution in [0.5, 0.6) is 0 Å². The molecule has 0 radical (unpaired) electrons.